The van der Waals surface area contributed by atoms with Gasteiger partial charge in [-0.05, 0) is 98.0 Å². The predicted molar refractivity (Wildman–Crippen MR) is 132 cm³/mol. The summed E-state index contributed by atoms with van der Waals surface area (Å²) in [5.41, 5.74) is 6.24. The fraction of sp³-hybridized carbons (Fsp3) is 0.259. The highest BCUT2D eigenvalue weighted by Crippen LogP contribution is 2.45. The average molecular weight is 485 g/mol. The molecular weight excluding hydrogens is 460 g/mol. The third kappa shape index (κ3) is 3.55. The zero-order chi connectivity index (χ0) is 25.0. The van der Waals surface area contributed by atoms with Gasteiger partial charge in [-0.1, -0.05) is 6.07 Å². The number of phenols is 1. The monoisotopic (exact) mass is 484 g/mol. The third-order valence-electron chi connectivity index (χ3n) is 7.05. The average Bonchev–Trinajstić information content (AvgIpc) is 3.65. The zero-order valence-corrected chi connectivity index (χ0v) is 19.7. The Morgan fingerprint density at radius 3 is 2.58 bits per heavy atom. The number of hydrogen-bond acceptors (Lipinski definition) is 6. The van der Waals surface area contributed by atoms with E-state index in [1.54, 1.807) is 13.0 Å². The highest BCUT2D eigenvalue weighted by atomic mass is 16.4. The van der Waals surface area contributed by atoms with E-state index in [1.165, 1.54) is 27.9 Å². The number of carboxylic acids is 1. The molecule has 4 aromatic rings. The first kappa shape index (κ1) is 22.1. The smallest absolute Gasteiger partial charge is 0.371 e. The number of hydrogen-bond donors (Lipinski definition) is 3. The van der Waals surface area contributed by atoms with Crippen molar-refractivity contribution in [2.45, 2.75) is 45.4 Å². The Labute approximate surface area is 205 Å². The summed E-state index contributed by atoms with van der Waals surface area (Å²) >= 11 is 0. The molecule has 0 amide bonds. The molecule has 0 saturated heterocycles. The maximum Gasteiger partial charge on any atom is 0.371 e. The van der Waals surface area contributed by atoms with E-state index in [0.717, 1.165) is 55.3 Å². The highest BCUT2D eigenvalue weighted by molar-refractivity contribution is 5.86. The van der Waals surface area contributed by atoms with Crippen LogP contribution < -0.4 is 5.56 Å². The molecule has 2 aromatic heterocycles. The van der Waals surface area contributed by atoms with Crippen LogP contribution in [0, 0.1) is 6.92 Å². The number of aromatic carboxylic acids is 1. The molecule has 9 heteroatoms. The molecular formula is C27H24N4O5. The van der Waals surface area contributed by atoms with E-state index >= 15 is 0 Å². The first-order chi connectivity index (χ1) is 17.4. The Morgan fingerprint density at radius 1 is 1.00 bits per heavy atom. The lowest BCUT2D eigenvalue weighted by atomic mass is 9.99. The number of H-pyrrole nitrogens is 1. The number of aromatic amines is 1. The van der Waals surface area contributed by atoms with Crippen LogP contribution in [0.3, 0.4) is 0 Å². The molecule has 2 aliphatic rings. The lowest BCUT2D eigenvalue weighted by Gasteiger charge is -2.11. The van der Waals surface area contributed by atoms with E-state index < -0.39 is 5.97 Å². The number of nitrogens with zero attached hydrogens (tertiary/aromatic N) is 3. The summed E-state index contributed by atoms with van der Waals surface area (Å²) in [4.78, 5) is 24.5. The largest absolute Gasteiger partial charge is 0.505 e. The predicted octanol–water partition coefficient (Wildman–Crippen LogP) is 5.53. The van der Waals surface area contributed by atoms with Crippen LogP contribution >= 0.6 is 0 Å². The Bertz CT molecular complexity index is 1620. The number of furan rings is 1. The molecule has 0 atom stereocenters. The Kier molecular flexibility index (Phi) is 5.13. The summed E-state index contributed by atoms with van der Waals surface area (Å²) in [5.74, 6) is -1.29. The van der Waals surface area contributed by atoms with E-state index in [9.17, 15) is 19.8 Å². The van der Waals surface area contributed by atoms with Gasteiger partial charge in [0.15, 0.2) is 11.4 Å². The molecule has 0 aliphatic heterocycles. The van der Waals surface area contributed by atoms with Crippen molar-refractivity contribution >= 4 is 17.3 Å². The topological polar surface area (TPSA) is 133 Å². The second kappa shape index (κ2) is 8.37. The maximum absolute atomic E-state index is 13.2. The number of azo groups is 1. The lowest BCUT2D eigenvalue weighted by molar-refractivity contribution is 0.0663. The van der Waals surface area contributed by atoms with Crippen molar-refractivity contribution < 1.29 is 19.4 Å². The Morgan fingerprint density at radius 2 is 1.78 bits per heavy atom. The molecule has 9 nitrogen and oxygen atoms in total. The molecule has 0 radical (unpaired) electrons. The van der Waals surface area contributed by atoms with Gasteiger partial charge in [0.05, 0.1) is 16.9 Å². The van der Waals surface area contributed by atoms with Crippen molar-refractivity contribution in [3.63, 3.8) is 0 Å². The molecule has 3 N–H and O–H groups in total. The summed E-state index contributed by atoms with van der Waals surface area (Å²) < 4.78 is 6.95. The minimum Gasteiger partial charge on any atom is -0.505 e. The lowest BCUT2D eigenvalue weighted by Crippen LogP contribution is -2.14. The van der Waals surface area contributed by atoms with E-state index in [4.69, 9.17) is 4.42 Å². The molecule has 0 fully saturated rings. The Hall–Kier alpha value is -4.40. The van der Waals surface area contributed by atoms with Gasteiger partial charge in [-0.2, -0.15) is 0 Å². The molecule has 182 valence electrons. The standard InChI is InChI=1S/C27H24N4O5/c1-14-24(26(33)31(30-14)18-9-8-15-4-2-5-16(15)12-18)29-28-20-13-17-6-3-7-19(17)23(25(20)32)21-10-11-22(36-21)27(34)35/h8-13,30,32H,2-7H2,1H3,(H,34,35). The molecule has 36 heavy (non-hydrogen) atoms. The van der Waals surface area contributed by atoms with E-state index in [1.807, 2.05) is 12.1 Å². The van der Waals surface area contributed by atoms with E-state index in [0.29, 0.717) is 11.3 Å². The quantitative estimate of drug-likeness (QED) is 0.320. The summed E-state index contributed by atoms with van der Waals surface area (Å²) in [5, 5.41) is 31.9. The molecule has 0 spiro atoms. The first-order valence-electron chi connectivity index (χ1n) is 12.0. The van der Waals surface area contributed by atoms with Crippen molar-refractivity contribution in [3.8, 4) is 22.8 Å². The van der Waals surface area contributed by atoms with E-state index in [2.05, 4.69) is 21.4 Å². The molecule has 0 saturated carbocycles. The number of benzene rings is 2. The second-order valence-corrected chi connectivity index (χ2v) is 9.31. The van der Waals surface area contributed by atoms with Crippen molar-refractivity contribution in [2.75, 3.05) is 0 Å². The normalized spacial score (nSPS) is 14.5. The highest BCUT2D eigenvalue weighted by Gasteiger charge is 2.25. The Balaban J connectivity index is 1.40. The first-order valence-corrected chi connectivity index (χ1v) is 12.0. The van der Waals surface area contributed by atoms with Crippen molar-refractivity contribution in [3.05, 3.63) is 80.5 Å². The van der Waals surface area contributed by atoms with Crippen LogP contribution in [0.4, 0.5) is 11.4 Å². The summed E-state index contributed by atoms with van der Waals surface area (Å²) in [6.45, 7) is 1.75. The van der Waals surface area contributed by atoms with Crippen molar-refractivity contribution in [1.82, 2.24) is 9.78 Å². The molecule has 6 rings (SSSR count). The van der Waals surface area contributed by atoms with Gasteiger partial charge < -0.3 is 14.6 Å². The van der Waals surface area contributed by atoms with Crippen molar-refractivity contribution in [2.24, 2.45) is 10.2 Å². The van der Waals surface area contributed by atoms with Crippen LogP contribution in [0.5, 0.6) is 5.75 Å². The number of rotatable bonds is 5. The molecule has 2 aliphatic carbocycles. The number of fused-ring (bicyclic) bond motifs is 2. The summed E-state index contributed by atoms with van der Waals surface area (Å²) in [6, 6.07) is 10.7. The number of carboxylic acid groups (broad SMARTS) is 1. The minimum atomic E-state index is -1.18. The summed E-state index contributed by atoms with van der Waals surface area (Å²) in [6.07, 6.45) is 5.63. The second-order valence-electron chi connectivity index (χ2n) is 9.31. The van der Waals surface area contributed by atoms with Crippen LogP contribution in [-0.4, -0.2) is 26.0 Å². The van der Waals surface area contributed by atoms with Gasteiger partial charge in [0.25, 0.3) is 5.56 Å². The van der Waals surface area contributed by atoms with Gasteiger partial charge >= 0.3 is 5.97 Å². The van der Waals surface area contributed by atoms with Gasteiger partial charge in [0.1, 0.15) is 11.4 Å². The zero-order valence-electron chi connectivity index (χ0n) is 19.7. The van der Waals surface area contributed by atoms with Crippen molar-refractivity contribution in [1.29, 1.82) is 0 Å². The third-order valence-corrected chi connectivity index (χ3v) is 7.05. The van der Waals surface area contributed by atoms with Gasteiger partial charge in [-0.25, -0.2) is 9.48 Å². The minimum absolute atomic E-state index is 0.155. The van der Waals surface area contributed by atoms with Crippen LogP contribution in [0.2, 0.25) is 0 Å². The number of aryl methyl sites for hydroxylation is 4. The van der Waals surface area contributed by atoms with Crippen LogP contribution in [-0.2, 0) is 25.7 Å². The van der Waals surface area contributed by atoms with E-state index in [-0.39, 0.29) is 34.2 Å². The van der Waals surface area contributed by atoms with Crippen LogP contribution in [0.15, 0.2) is 55.8 Å². The number of aromatic nitrogens is 2. The van der Waals surface area contributed by atoms with Gasteiger partial charge in [-0.3, -0.25) is 9.89 Å². The fourth-order valence-electron chi connectivity index (χ4n) is 5.28. The SMILES string of the molecule is Cc1[nH]n(-c2ccc3c(c2)CCC3)c(=O)c1N=Nc1cc2c(c(-c3ccc(C(=O)O)o3)c1O)CCC2. The van der Waals surface area contributed by atoms with Gasteiger partial charge in [0.2, 0.25) is 5.76 Å². The molecule has 2 aromatic carbocycles. The molecule has 2 heterocycles. The number of nitrogens with one attached hydrogen (secondary N) is 1. The van der Waals surface area contributed by atoms with Gasteiger partial charge in [0, 0.05) is 0 Å². The van der Waals surface area contributed by atoms with Crippen LogP contribution in [0.25, 0.3) is 17.0 Å². The van der Waals surface area contributed by atoms with Crippen LogP contribution in [0.1, 0.15) is 51.3 Å². The summed E-state index contributed by atoms with van der Waals surface area (Å²) in [7, 11) is 0. The fourth-order valence-corrected chi connectivity index (χ4v) is 5.28. The maximum atomic E-state index is 13.2. The number of phenolic OH excluding ortho intramolecular Hbond substituents is 1. The number of aromatic hydroxyl groups is 1. The molecule has 0 unspecified atom stereocenters. The number of carbonyl (C=O) groups is 1. The van der Waals surface area contributed by atoms with Gasteiger partial charge in [-0.15, -0.1) is 10.2 Å². The molecule has 0 bridgehead atoms.